The van der Waals surface area contributed by atoms with Gasteiger partial charge in [-0.3, -0.25) is 4.79 Å². The summed E-state index contributed by atoms with van der Waals surface area (Å²) in [5.41, 5.74) is 0.109. The molecule has 0 atom stereocenters. The van der Waals surface area contributed by atoms with Gasteiger partial charge in [-0.2, -0.15) is 0 Å². The van der Waals surface area contributed by atoms with Crippen LogP contribution in [0.3, 0.4) is 0 Å². The lowest BCUT2D eigenvalue weighted by Gasteiger charge is -1.88. The number of carbonyl (C=O) groups is 1. The van der Waals surface area contributed by atoms with Crippen LogP contribution < -0.4 is 0 Å². The van der Waals surface area contributed by atoms with Gasteiger partial charge in [0.2, 0.25) is 0 Å². The van der Waals surface area contributed by atoms with E-state index in [1.807, 2.05) is 0 Å². The molecule has 12 heavy (non-hydrogen) atoms. The Bertz CT molecular complexity index is 242. The molecule has 1 aromatic rings. The van der Waals surface area contributed by atoms with Crippen molar-refractivity contribution in [1.29, 1.82) is 0 Å². The molecule has 63 valence electrons. The molecule has 0 heterocycles. The molecule has 0 aromatic heterocycles. The highest BCUT2D eigenvalue weighted by molar-refractivity contribution is 6.13. The number of halogens is 1. The third-order valence-corrected chi connectivity index (χ3v) is 1.03. The largest absolute Gasteiger partial charge is 0.482 e. The summed E-state index contributed by atoms with van der Waals surface area (Å²) in [5.74, 6) is -0.465. The number of carbonyl (C=O) groups excluding carboxylic acids is 1. The average molecular weight is 169 g/mol. The van der Waals surface area contributed by atoms with Crippen molar-refractivity contribution in [2.45, 2.75) is 0 Å². The second-order valence-corrected chi connectivity index (χ2v) is 1.75. The highest BCUT2D eigenvalue weighted by Gasteiger charge is 1.94. The van der Waals surface area contributed by atoms with Crippen molar-refractivity contribution in [1.82, 2.24) is 0 Å². The average Bonchev–Trinajstić information content (AvgIpc) is 2.07. The van der Waals surface area contributed by atoms with E-state index in [4.69, 9.17) is 10.0 Å². The van der Waals surface area contributed by atoms with Crippen LogP contribution in [0.5, 0.6) is 0 Å². The third-order valence-electron chi connectivity index (χ3n) is 1.03. The summed E-state index contributed by atoms with van der Waals surface area (Å²) in [5, 5.41) is 14.0. The normalized spacial score (nSPS) is 7.92. The molecule has 1 rings (SSSR count). The fraction of sp³-hybridized carbons (Fsp3) is 0. The Morgan fingerprint density at radius 2 is 1.83 bits per heavy atom. The second kappa shape index (κ2) is 6.51. The number of rotatable bonds is 1. The van der Waals surface area contributed by atoms with Gasteiger partial charge in [-0.1, -0.05) is 12.1 Å². The first-order valence-electron chi connectivity index (χ1n) is 3.06. The Hall–Kier alpha value is -1.20. The predicted octanol–water partition coefficient (Wildman–Crippen LogP) is 0.143. The fourth-order valence-corrected chi connectivity index (χ4v) is 0.571. The zero-order valence-electron chi connectivity index (χ0n) is 6.14. The number of hydrogen-bond donors (Lipinski definition) is 2. The van der Waals surface area contributed by atoms with Gasteiger partial charge in [0.05, 0.1) is 5.56 Å². The molecule has 0 aliphatic carbocycles. The minimum absolute atomic E-state index is 0. The van der Waals surface area contributed by atoms with E-state index < -0.39 is 5.82 Å². The highest BCUT2D eigenvalue weighted by atomic mass is 19.1. The Labute approximate surface area is 69.8 Å². The molecule has 0 saturated heterocycles. The van der Waals surface area contributed by atoms with Crippen molar-refractivity contribution >= 4 is 14.0 Å². The Balaban J connectivity index is 0.000000354. The Morgan fingerprint density at radius 1 is 1.33 bits per heavy atom. The summed E-state index contributed by atoms with van der Waals surface area (Å²) in [6.45, 7) is 0. The van der Waals surface area contributed by atoms with Crippen LogP contribution >= 0.6 is 0 Å². The standard InChI is InChI=1S/C7H5FO.BH2O2/c8-7-4-2-1-3-6(7)5-9;2-1-3/h1-5H;2-3H. The van der Waals surface area contributed by atoms with Crippen LogP contribution in [0.4, 0.5) is 4.39 Å². The van der Waals surface area contributed by atoms with E-state index in [-0.39, 0.29) is 13.2 Å². The summed E-state index contributed by atoms with van der Waals surface area (Å²) >= 11 is 0. The number of hydrogen-bond acceptors (Lipinski definition) is 3. The lowest BCUT2D eigenvalue weighted by molar-refractivity contribution is 0.112. The predicted molar refractivity (Wildman–Crippen MR) is 42.0 cm³/mol. The van der Waals surface area contributed by atoms with Crippen molar-refractivity contribution in [2.24, 2.45) is 0 Å². The lowest BCUT2D eigenvalue weighted by Crippen LogP contribution is -1.83. The molecule has 3 nitrogen and oxygen atoms in total. The van der Waals surface area contributed by atoms with Crippen LogP contribution in [0, 0.1) is 5.82 Å². The second-order valence-electron chi connectivity index (χ2n) is 1.75. The first-order chi connectivity index (χ1) is 5.76. The van der Waals surface area contributed by atoms with Gasteiger partial charge in [0, 0.05) is 0 Å². The summed E-state index contributed by atoms with van der Waals surface area (Å²) in [6, 6.07) is 5.85. The maximum Gasteiger partial charge on any atom is 0.482 e. The van der Waals surface area contributed by atoms with Crippen molar-refractivity contribution in [2.75, 3.05) is 0 Å². The molecule has 0 spiro atoms. The van der Waals surface area contributed by atoms with Crippen molar-refractivity contribution in [3.05, 3.63) is 35.6 Å². The van der Waals surface area contributed by atoms with Crippen molar-refractivity contribution in [3.8, 4) is 0 Å². The van der Waals surface area contributed by atoms with Crippen molar-refractivity contribution < 1.29 is 19.2 Å². The first-order valence-corrected chi connectivity index (χ1v) is 3.06. The van der Waals surface area contributed by atoms with Crippen molar-refractivity contribution in [3.63, 3.8) is 0 Å². The molecule has 1 aromatic carbocycles. The van der Waals surface area contributed by atoms with Gasteiger partial charge in [0.1, 0.15) is 5.82 Å². The topological polar surface area (TPSA) is 57.5 Å². The van der Waals surface area contributed by atoms with Gasteiger partial charge in [-0.15, -0.1) is 0 Å². The van der Waals surface area contributed by atoms with E-state index in [1.54, 1.807) is 12.1 Å². The van der Waals surface area contributed by atoms with Crippen LogP contribution in [-0.2, 0) is 0 Å². The molecule has 0 amide bonds. The monoisotopic (exact) mass is 169 g/mol. The van der Waals surface area contributed by atoms with Gasteiger partial charge < -0.3 is 10.0 Å². The van der Waals surface area contributed by atoms with Crippen LogP contribution in [0.15, 0.2) is 24.3 Å². The highest BCUT2D eigenvalue weighted by Crippen LogP contribution is 2.01. The molecule has 0 fully saturated rings. The van der Waals surface area contributed by atoms with Gasteiger partial charge in [0.15, 0.2) is 6.29 Å². The molecular weight excluding hydrogens is 162 g/mol. The van der Waals surface area contributed by atoms with Gasteiger partial charge in [0.25, 0.3) is 0 Å². The minimum atomic E-state index is -0.465. The molecule has 1 radical (unpaired) electrons. The summed E-state index contributed by atoms with van der Waals surface area (Å²) < 4.78 is 12.4. The zero-order valence-corrected chi connectivity index (χ0v) is 6.14. The SMILES string of the molecule is O=Cc1ccccc1F.O[B]O. The number of benzene rings is 1. The third kappa shape index (κ3) is 3.85. The smallest absolute Gasteiger partial charge is 0.429 e. The molecule has 2 N–H and O–H groups in total. The van der Waals surface area contributed by atoms with Crippen LogP contribution in [0.2, 0.25) is 0 Å². The molecule has 0 bridgehead atoms. The van der Waals surface area contributed by atoms with Crippen LogP contribution in [0.1, 0.15) is 10.4 Å². The molecule has 0 saturated carbocycles. The lowest BCUT2D eigenvalue weighted by atomic mass is 10.2. The molecule has 0 aliphatic heterocycles. The summed E-state index contributed by atoms with van der Waals surface area (Å²) in [4.78, 5) is 9.99. The summed E-state index contributed by atoms with van der Waals surface area (Å²) in [7, 11) is 0. The Morgan fingerprint density at radius 3 is 2.17 bits per heavy atom. The van der Waals surface area contributed by atoms with E-state index in [2.05, 4.69) is 0 Å². The quantitative estimate of drug-likeness (QED) is 0.464. The van der Waals surface area contributed by atoms with E-state index in [0.717, 1.165) is 0 Å². The molecule has 0 aliphatic rings. The fourth-order valence-electron chi connectivity index (χ4n) is 0.571. The van der Waals surface area contributed by atoms with Gasteiger partial charge >= 0.3 is 7.69 Å². The van der Waals surface area contributed by atoms with Gasteiger partial charge in [-0.25, -0.2) is 4.39 Å². The van der Waals surface area contributed by atoms with Gasteiger partial charge in [-0.05, 0) is 12.1 Å². The maximum atomic E-state index is 12.4. The number of aldehydes is 1. The maximum absolute atomic E-state index is 12.4. The van der Waals surface area contributed by atoms with E-state index in [9.17, 15) is 9.18 Å². The zero-order chi connectivity index (χ0) is 9.40. The Kier molecular flexibility index (Phi) is 5.86. The molecular formula is C7H7BFO3. The first kappa shape index (κ1) is 10.8. The van der Waals surface area contributed by atoms with E-state index in [0.29, 0.717) is 6.29 Å². The van der Waals surface area contributed by atoms with E-state index >= 15 is 0 Å². The van der Waals surface area contributed by atoms with Crippen LogP contribution in [-0.4, -0.2) is 24.0 Å². The minimum Gasteiger partial charge on any atom is -0.429 e. The van der Waals surface area contributed by atoms with E-state index in [1.165, 1.54) is 12.1 Å². The van der Waals surface area contributed by atoms with Crippen LogP contribution in [0.25, 0.3) is 0 Å². The molecule has 0 unspecified atom stereocenters. The summed E-state index contributed by atoms with van der Waals surface area (Å²) in [6.07, 6.45) is 0.495. The molecule has 5 heteroatoms.